The zero-order valence-corrected chi connectivity index (χ0v) is 12.0. The molecule has 1 aliphatic carbocycles. The Morgan fingerprint density at radius 1 is 1.42 bits per heavy atom. The predicted octanol–water partition coefficient (Wildman–Crippen LogP) is 3.20. The van der Waals surface area contributed by atoms with E-state index in [2.05, 4.69) is 11.4 Å². The molecule has 0 heterocycles. The average Bonchev–Trinajstić information content (AvgIpc) is 2.27. The van der Waals surface area contributed by atoms with Gasteiger partial charge in [-0.05, 0) is 50.8 Å². The average molecular weight is 261 g/mol. The number of benzene rings is 1. The first-order valence-corrected chi connectivity index (χ1v) is 7.10. The van der Waals surface area contributed by atoms with Gasteiger partial charge in [-0.2, -0.15) is 0 Å². The summed E-state index contributed by atoms with van der Waals surface area (Å²) in [6.07, 6.45) is 3.47. The number of carbonyl (C=O) groups is 1. The van der Waals surface area contributed by atoms with Crippen molar-refractivity contribution in [3.8, 4) is 5.75 Å². The molecule has 1 N–H and O–H groups in total. The highest BCUT2D eigenvalue weighted by Crippen LogP contribution is 2.26. The van der Waals surface area contributed by atoms with Crippen LogP contribution >= 0.6 is 0 Å². The first-order chi connectivity index (χ1) is 9.06. The maximum atomic E-state index is 11.8. The van der Waals surface area contributed by atoms with Gasteiger partial charge in [-0.1, -0.05) is 18.6 Å². The van der Waals surface area contributed by atoms with Crippen LogP contribution in [0.2, 0.25) is 0 Å². The lowest BCUT2D eigenvalue weighted by Crippen LogP contribution is -2.33. The topological polar surface area (TPSA) is 38.3 Å². The number of amides is 1. The second-order valence-electron chi connectivity index (χ2n) is 5.61. The highest BCUT2D eigenvalue weighted by molar-refractivity contribution is 5.79. The lowest BCUT2D eigenvalue weighted by atomic mass is 9.85. The molecular formula is C16H23NO2. The molecule has 3 nitrogen and oxygen atoms in total. The maximum Gasteiger partial charge on any atom is 0.223 e. The zero-order chi connectivity index (χ0) is 13.8. The number of hydrogen-bond donors (Lipinski definition) is 1. The van der Waals surface area contributed by atoms with Gasteiger partial charge in [0.05, 0.1) is 6.10 Å². The minimum absolute atomic E-state index is 0.183. The minimum atomic E-state index is 0.183. The van der Waals surface area contributed by atoms with E-state index in [1.165, 1.54) is 6.42 Å². The fraction of sp³-hybridized carbons (Fsp3) is 0.562. The molecule has 0 radical (unpaired) electrons. The summed E-state index contributed by atoms with van der Waals surface area (Å²) in [5.74, 6) is 1.38. The van der Waals surface area contributed by atoms with E-state index in [0.717, 1.165) is 29.7 Å². The normalized spacial score (nSPS) is 15.2. The van der Waals surface area contributed by atoms with Crippen molar-refractivity contribution in [2.24, 2.45) is 5.92 Å². The van der Waals surface area contributed by atoms with E-state index in [1.54, 1.807) is 0 Å². The molecule has 19 heavy (non-hydrogen) atoms. The number of aryl methyl sites for hydroxylation is 1. The van der Waals surface area contributed by atoms with E-state index >= 15 is 0 Å². The van der Waals surface area contributed by atoms with Crippen LogP contribution in [0.15, 0.2) is 18.2 Å². The molecule has 0 unspecified atom stereocenters. The van der Waals surface area contributed by atoms with Crippen LogP contribution in [0.3, 0.4) is 0 Å². The standard InChI is InChI=1S/C16H23NO2/c1-11(2)19-15-8-7-13(9-12(15)3)10-17-16(18)14-5-4-6-14/h7-9,11,14H,4-6,10H2,1-3H3,(H,17,18). The molecule has 1 aliphatic rings. The molecule has 0 spiro atoms. The van der Waals surface area contributed by atoms with Gasteiger partial charge >= 0.3 is 0 Å². The van der Waals surface area contributed by atoms with Crippen molar-refractivity contribution in [2.75, 3.05) is 0 Å². The summed E-state index contributed by atoms with van der Waals surface area (Å²) in [6, 6.07) is 6.09. The van der Waals surface area contributed by atoms with Gasteiger partial charge in [0.25, 0.3) is 0 Å². The van der Waals surface area contributed by atoms with Crippen molar-refractivity contribution < 1.29 is 9.53 Å². The lowest BCUT2D eigenvalue weighted by Gasteiger charge is -2.24. The highest BCUT2D eigenvalue weighted by Gasteiger charge is 2.24. The maximum absolute atomic E-state index is 11.8. The van der Waals surface area contributed by atoms with Gasteiger partial charge in [0.1, 0.15) is 5.75 Å². The second-order valence-corrected chi connectivity index (χ2v) is 5.61. The van der Waals surface area contributed by atoms with Crippen LogP contribution in [-0.2, 0) is 11.3 Å². The summed E-state index contributed by atoms with van der Waals surface area (Å²) < 4.78 is 5.70. The molecule has 0 atom stereocenters. The van der Waals surface area contributed by atoms with Gasteiger partial charge in [0.2, 0.25) is 5.91 Å². The van der Waals surface area contributed by atoms with Gasteiger partial charge in [-0.3, -0.25) is 4.79 Å². The third kappa shape index (κ3) is 3.72. The number of nitrogens with one attached hydrogen (secondary N) is 1. The minimum Gasteiger partial charge on any atom is -0.491 e. The van der Waals surface area contributed by atoms with Crippen molar-refractivity contribution in [3.05, 3.63) is 29.3 Å². The van der Waals surface area contributed by atoms with Gasteiger partial charge in [0.15, 0.2) is 0 Å². The SMILES string of the molecule is Cc1cc(CNC(=O)C2CCC2)ccc1OC(C)C. The van der Waals surface area contributed by atoms with Gasteiger partial charge in [-0.15, -0.1) is 0 Å². The number of hydrogen-bond acceptors (Lipinski definition) is 2. The first kappa shape index (κ1) is 13.9. The summed E-state index contributed by atoms with van der Waals surface area (Å²) >= 11 is 0. The van der Waals surface area contributed by atoms with Gasteiger partial charge in [0, 0.05) is 12.5 Å². The predicted molar refractivity (Wildman–Crippen MR) is 76.1 cm³/mol. The molecule has 1 aromatic rings. The van der Waals surface area contributed by atoms with E-state index in [1.807, 2.05) is 32.9 Å². The van der Waals surface area contributed by atoms with Crippen LogP contribution < -0.4 is 10.1 Å². The Morgan fingerprint density at radius 2 is 2.16 bits per heavy atom. The Bertz CT molecular complexity index is 450. The largest absolute Gasteiger partial charge is 0.491 e. The Labute approximate surface area is 115 Å². The van der Waals surface area contributed by atoms with Crippen LogP contribution in [0.25, 0.3) is 0 Å². The van der Waals surface area contributed by atoms with Crippen LogP contribution in [0.1, 0.15) is 44.2 Å². The van der Waals surface area contributed by atoms with Crippen molar-refractivity contribution in [2.45, 2.75) is 52.7 Å². The van der Waals surface area contributed by atoms with Gasteiger partial charge in [-0.25, -0.2) is 0 Å². The number of carbonyl (C=O) groups excluding carboxylic acids is 1. The fourth-order valence-electron chi connectivity index (χ4n) is 2.21. The van der Waals surface area contributed by atoms with Crippen LogP contribution in [-0.4, -0.2) is 12.0 Å². The van der Waals surface area contributed by atoms with Crippen molar-refractivity contribution in [3.63, 3.8) is 0 Å². The lowest BCUT2D eigenvalue weighted by molar-refractivity contribution is -0.127. The quantitative estimate of drug-likeness (QED) is 0.884. The number of ether oxygens (including phenoxy) is 1. The molecule has 1 fully saturated rings. The summed E-state index contributed by atoms with van der Waals surface area (Å²) in [5.41, 5.74) is 2.24. The van der Waals surface area contributed by atoms with Crippen molar-refractivity contribution >= 4 is 5.91 Å². The summed E-state index contributed by atoms with van der Waals surface area (Å²) in [5, 5.41) is 3.01. The Morgan fingerprint density at radius 3 is 2.68 bits per heavy atom. The molecule has 0 aliphatic heterocycles. The monoisotopic (exact) mass is 261 g/mol. The molecule has 2 rings (SSSR count). The zero-order valence-electron chi connectivity index (χ0n) is 12.0. The molecule has 3 heteroatoms. The summed E-state index contributed by atoms with van der Waals surface area (Å²) in [7, 11) is 0. The molecule has 1 saturated carbocycles. The molecule has 104 valence electrons. The third-order valence-electron chi connectivity index (χ3n) is 3.54. The van der Waals surface area contributed by atoms with E-state index in [0.29, 0.717) is 6.54 Å². The Balaban J connectivity index is 1.90. The molecule has 0 saturated heterocycles. The van der Waals surface area contributed by atoms with Crippen LogP contribution in [0.4, 0.5) is 0 Å². The fourth-order valence-corrected chi connectivity index (χ4v) is 2.21. The van der Waals surface area contributed by atoms with Crippen LogP contribution in [0, 0.1) is 12.8 Å². The van der Waals surface area contributed by atoms with Crippen LogP contribution in [0.5, 0.6) is 5.75 Å². The smallest absolute Gasteiger partial charge is 0.223 e. The molecule has 1 aromatic carbocycles. The Hall–Kier alpha value is -1.51. The van der Waals surface area contributed by atoms with E-state index in [4.69, 9.17) is 4.74 Å². The second kappa shape index (κ2) is 6.09. The third-order valence-corrected chi connectivity index (χ3v) is 3.54. The van der Waals surface area contributed by atoms with E-state index in [-0.39, 0.29) is 17.9 Å². The number of rotatable bonds is 5. The molecule has 0 aromatic heterocycles. The summed E-state index contributed by atoms with van der Waals surface area (Å²) in [4.78, 5) is 11.8. The summed E-state index contributed by atoms with van der Waals surface area (Å²) in [6.45, 7) is 6.69. The highest BCUT2D eigenvalue weighted by atomic mass is 16.5. The Kier molecular flexibility index (Phi) is 4.46. The van der Waals surface area contributed by atoms with Crippen molar-refractivity contribution in [1.82, 2.24) is 5.32 Å². The van der Waals surface area contributed by atoms with E-state index < -0.39 is 0 Å². The molecule has 0 bridgehead atoms. The van der Waals surface area contributed by atoms with Gasteiger partial charge < -0.3 is 10.1 Å². The molecular weight excluding hydrogens is 238 g/mol. The van der Waals surface area contributed by atoms with E-state index in [9.17, 15) is 4.79 Å². The van der Waals surface area contributed by atoms with Crippen molar-refractivity contribution in [1.29, 1.82) is 0 Å². The first-order valence-electron chi connectivity index (χ1n) is 7.10. The molecule has 1 amide bonds.